The van der Waals surface area contributed by atoms with Gasteiger partial charge in [-0.2, -0.15) is 0 Å². The molecule has 248 valence electrons. The molecule has 0 spiro atoms. The SMILES string of the molecule is CC.CC(C)(C)c1cc2ccc(F)cc2s1.CC(C)(C)c1sc2cc(F)ccc2c1Cl.Cc1cc2cc(C(C)(C)C)sc2cc1F. The molecule has 0 saturated carbocycles. The lowest BCUT2D eigenvalue weighted by Gasteiger charge is -2.16. The summed E-state index contributed by atoms with van der Waals surface area (Å²) in [6.07, 6.45) is 0. The normalized spacial score (nSPS) is 11.9. The average Bonchev–Trinajstić information content (AvgIpc) is 3.65. The smallest absolute Gasteiger partial charge is 0.127 e. The lowest BCUT2D eigenvalue weighted by molar-refractivity contribution is 0.604. The van der Waals surface area contributed by atoms with Crippen LogP contribution >= 0.6 is 45.6 Å². The van der Waals surface area contributed by atoms with E-state index >= 15 is 0 Å². The zero-order valence-electron chi connectivity index (χ0n) is 29.0. The highest BCUT2D eigenvalue weighted by molar-refractivity contribution is 7.20. The van der Waals surface area contributed by atoms with Crippen molar-refractivity contribution in [2.75, 3.05) is 0 Å². The Kier molecular flexibility index (Phi) is 12.3. The fraction of sp³-hybridized carbons (Fsp3) is 0.385. The van der Waals surface area contributed by atoms with E-state index in [4.69, 9.17) is 11.6 Å². The Bertz CT molecular complexity index is 1880. The van der Waals surface area contributed by atoms with Gasteiger partial charge in [0.05, 0.1) is 5.02 Å². The minimum absolute atomic E-state index is 0.0112. The second-order valence-corrected chi connectivity index (χ2v) is 17.8. The van der Waals surface area contributed by atoms with Crippen LogP contribution in [0, 0.1) is 24.4 Å². The van der Waals surface area contributed by atoms with Gasteiger partial charge in [-0.05, 0) is 94.1 Å². The van der Waals surface area contributed by atoms with Crippen LogP contribution in [0.5, 0.6) is 0 Å². The van der Waals surface area contributed by atoms with Gasteiger partial charge in [0.25, 0.3) is 0 Å². The van der Waals surface area contributed by atoms with Crippen molar-refractivity contribution in [3.05, 3.63) is 103 Å². The van der Waals surface area contributed by atoms with E-state index < -0.39 is 0 Å². The van der Waals surface area contributed by atoms with E-state index in [2.05, 4.69) is 74.4 Å². The van der Waals surface area contributed by atoms with Crippen LogP contribution in [-0.2, 0) is 16.2 Å². The van der Waals surface area contributed by atoms with Crippen LogP contribution in [0.3, 0.4) is 0 Å². The quantitative estimate of drug-likeness (QED) is 0.148. The van der Waals surface area contributed by atoms with Gasteiger partial charge in [-0.15, -0.1) is 34.0 Å². The van der Waals surface area contributed by atoms with E-state index in [1.165, 1.54) is 21.9 Å². The summed E-state index contributed by atoms with van der Waals surface area (Å²) < 4.78 is 42.4. The molecule has 0 aliphatic carbocycles. The van der Waals surface area contributed by atoms with Crippen molar-refractivity contribution >= 4 is 75.9 Å². The summed E-state index contributed by atoms with van der Waals surface area (Å²) in [5.41, 5.74) is 1.03. The fourth-order valence-electron chi connectivity index (χ4n) is 4.44. The van der Waals surface area contributed by atoms with Gasteiger partial charge in [0, 0.05) is 34.1 Å². The van der Waals surface area contributed by atoms with Crippen LogP contribution < -0.4 is 0 Å². The Morgan fingerprint density at radius 2 is 1.02 bits per heavy atom. The molecular formula is C39H46ClF3S3. The molecule has 0 saturated heterocycles. The van der Waals surface area contributed by atoms with Gasteiger partial charge in [0.1, 0.15) is 17.5 Å². The topological polar surface area (TPSA) is 0 Å². The number of halogens is 4. The third-order valence-corrected chi connectivity index (χ3v) is 12.2. The number of rotatable bonds is 0. The lowest BCUT2D eigenvalue weighted by atomic mass is 9.94. The molecule has 3 aromatic heterocycles. The summed E-state index contributed by atoms with van der Waals surface area (Å²) in [7, 11) is 0. The fourth-order valence-corrected chi connectivity index (χ4v) is 8.51. The Morgan fingerprint density at radius 1 is 0.543 bits per heavy atom. The molecule has 46 heavy (non-hydrogen) atoms. The Morgan fingerprint density at radius 3 is 1.54 bits per heavy atom. The maximum Gasteiger partial charge on any atom is 0.127 e. The van der Waals surface area contributed by atoms with Gasteiger partial charge in [-0.3, -0.25) is 0 Å². The number of thiophene rings is 3. The molecule has 6 rings (SSSR count). The predicted octanol–water partition coefficient (Wildman–Crippen LogP) is 15.0. The zero-order chi connectivity index (χ0) is 34.8. The lowest BCUT2D eigenvalue weighted by Crippen LogP contribution is -2.08. The molecule has 0 aliphatic heterocycles. The van der Waals surface area contributed by atoms with Gasteiger partial charge in [0.15, 0.2) is 0 Å². The maximum atomic E-state index is 13.4. The highest BCUT2D eigenvalue weighted by Gasteiger charge is 2.22. The van der Waals surface area contributed by atoms with E-state index in [1.807, 2.05) is 32.9 Å². The summed E-state index contributed by atoms with van der Waals surface area (Å²) in [5, 5.41) is 4.01. The first kappa shape index (κ1) is 38.1. The number of benzene rings is 3. The zero-order valence-corrected chi connectivity index (χ0v) is 32.2. The van der Waals surface area contributed by atoms with Crippen molar-refractivity contribution < 1.29 is 13.2 Å². The van der Waals surface area contributed by atoms with Crippen LogP contribution in [0.2, 0.25) is 5.02 Å². The Labute approximate surface area is 290 Å². The molecule has 0 bridgehead atoms. The van der Waals surface area contributed by atoms with Crippen molar-refractivity contribution in [3.63, 3.8) is 0 Å². The number of hydrogen-bond acceptors (Lipinski definition) is 3. The number of aryl methyl sites for hydroxylation is 1. The molecule has 0 fully saturated rings. The molecule has 0 atom stereocenters. The first-order valence-electron chi connectivity index (χ1n) is 15.5. The van der Waals surface area contributed by atoms with E-state index in [0.29, 0.717) is 0 Å². The van der Waals surface area contributed by atoms with Crippen molar-refractivity contribution in [1.82, 2.24) is 0 Å². The summed E-state index contributed by atoms with van der Waals surface area (Å²) in [6, 6.07) is 17.6. The van der Waals surface area contributed by atoms with E-state index in [0.717, 1.165) is 45.7 Å². The molecule has 3 aromatic carbocycles. The number of hydrogen-bond donors (Lipinski definition) is 0. The maximum absolute atomic E-state index is 13.4. The minimum Gasteiger partial charge on any atom is -0.207 e. The first-order chi connectivity index (χ1) is 21.2. The third kappa shape index (κ3) is 9.37. The van der Waals surface area contributed by atoms with Crippen molar-refractivity contribution in [1.29, 1.82) is 0 Å². The summed E-state index contributed by atoms with van der Waals surface area (Å²) in [5.74, 6) is -0.467. The van der Waals surface area contributed by atoms with Crippen LogP contribution in [-0.4, -0.2) is 0 Å². The molecule has 0 nitrogen and oxygen atoms in total. The second-order valence-electron chi connectivity index (χ2n) is 14.2. The highest BCUT2D eigenvalue weighted by atomic mass is 35.5. The summed E-state index contributed by atoms with van der Waals surface area (Å²) in [4.78, 5) is 3.73. The number of fused-ring (bicyclic) bond motifs is 3. The van der Waals surface area contributed by atoms with Gasteiger partial charge in [-0.1, -0.05) is 93.8 Å². The van der Waals surface area contributed by atoms with Crippen molar-refractivity contribution in [2.45, 2.75) is 99.3 Å². The van der Waals surface area contributed by atoms with Gasteiger partial charge in [-0.25, -0.2) is 13.2 Å². The third-order valence-electron chi connectivity index (χ3n) is 7.03. The molecule has 6 aromatic rings. The monoisotopic (exact) mass is 702 g/mol. The molecule has 0 aliphatic rings. The van der Waals surface area contributed by atoms with Gasteiger partial charge in [0.2, 0.25) is 0 Å². The minimum atomic E-state index is -0.208. The predicted molar refractivity (Wildman–Crippen MR) is 203 cm³/mol. The van der Waals surface area contributed by atoms with E-state index in [9.17, 15) is 13.2 Å². The molecule has 7 heteroatoms. The van der Waals surface area contributed by atoms with Gasteiger partial charge < -0.3 is 0 Å². The van der Waals surface area contributed by atoms with Crippen LogP contribution in [0.1, 0.15) is 96.4 Å². The first-order valence-corrected chi connectivity index (χ1v) is 18.3. The van der Waals surface area contributed by atoms with E-state index in [1.54, 1.807) is 58.3 Å². The van der Waals surface area contributed by atoms with Crippen LogP contribution in [0.15, 0.2) is 60.7 Å². The van der Waals surface area contributed by atoms with Crippen LogP contribution in [0.25, 0.3) is 30.3 Å². The standard InChI is InChI=1S/C13H15FS.C12H12ClFS.C12H13FS.C2H6/c1-8-5-9-6-12(13(2,3)4)15-11(9)7-10(8)14;1-12(2,3)11-10(13)8-5-4-7(14)6-9(8)15-11;1-12(2,3)11-6-8-4-5-9(13)7-10(8)14-11;1-2/h5-7H,1-4H3;4-6H,1-3H3;4-7H,1-3H3;1-2H3. The van der Waals surface area contributed by atoms with Crippen LogP contribution in [0.4, 0.5) is 13.2 Å². The average molecular weight is 703 g/mol. The summed E-state index contributed by atoms with van der Waals surface area (Å²) in [6.45, 7) is 25.2. The van der Waals surface area contributed by atoms with Crippen molar-refractivity contribution in [3.8, 4) is 0 Å². The Balaban J connectivity index is 0.000000183. The Hall–Kier alpha value is -2.38. The van der Waals surface area contributed by atoms with Gasteiger partial charge >= 0.3 is 0 Å². The molecule has 0 amide bonds. The van der Waals surface area contributed by atoms with E-state index in [-0.39, 0.29) is 33.7 Å². The second kappa shape index (κ2) is 14.8. The molecule has 0 radical (unpaired) electrons. The molecule has 0 unspecified atom stereocenters. The van der Waals surface area contributed by atoms with Crippen molar-refractivity contribution in [2.24, 2.45) is 0 Å². The summed E-state index contributed by atoms with van der Waals surface area (Å²) >= 11 is 11.2. The highest BCUT2D eigenvalue weighted by Crippen LogP contribution is 2.42. The molecular weight excluding hydrogens is 657 g/mol. The largest absolute Gasteiger partial charge is 0.207 e. The molecule has 3 heterocycles. The molecule has 0 N–H and O–H groups in total.